The lowest BCUT2D eigenvalue weighted by molar-refractivity contribution is 0.411. The molecule has 0 aromatic heterocycles. The summed E-state index contributed by atoms with van der Waals surface area (Å²) in [7, 11) is 1.70. The summed E-state index contributed by atoms with van der Waals surface area (Å²) in [6.07, 6.45) is 2.05. The highest BCUT2D eigenvalue weighted by Gasteiger charge is 2.03. The smallest absolute Gasteiger partial charge is 0.122 e. The van der Waals surface area contributed by atoms with Gasteiger partial charge >= 0.3 is 0 Å². The van der Waals surface area contributed by atoms with Crippen molar-refractivity contribution in [2.45, 2.75) is 20.8 Å². The van der Waals surface area contributed by atoms with Gasteiger partial charge in [-0.25, -0.2) is 0 Å². The number of methoxy groups -OCH3 is 1. The van der Waals surface area contributed by atoms with E-state index >= 15 is 0 Å². The molecule has 0 amide bonds. The van der Waals surface area contributed by atoms with Crippen LogP contribution in [0.25, 0.3) is 6.08 Å². The molecule has 1 aromatic rings. The fraction of sp³-hybridized carbons (Fsp3) is 0.333. The predicted octanol–water partition coefficient (Wildman–Crippen LogP) is 3.60. The number of hydrogen-bond donors (Lipinski definition) is 1. The van der Waals surface area contributed by atoms with Gasteiger partial charge in [0, 0.05) is 0 Å². The molecule has 0 radical (unpaired) electrons. The summed E-state index contributed by atoms with van der Waals surface area (Å²) < 4.78 is 5.29. The van der Waals surface area contributed by atoms with E-state index in [2.05, 4.69) is 32.5 Å². The minimum atomic E-state index is 0.936. The van der Waals surface area contributed by atoms with E-state index in [9.17, 15) is 0 Å². The van der Waals surface area contributed by atoms with Gasteiger partial charge in [0.25, 0.3) is 0 Å². The number of aryl methyl sites for hydroxylation is 1. The zero-order chi connectivity index (χ0) is 10.7. The summed E-state index contributed by atoms with van der Waals surface area (Å²) in [5.41, 5.74) is 3.54. The van der Waals surface area contributed by atoms with Gasteiger partial charge in [0.05, 0.1) is 7.11 Å². The fourth-order valence-electron chi connectivity index (χ4n) is 1.44. The highest BCUT2D eigenvalue weighted by molar-refractivity contribution is 7.84. The van der Waals surface area contributed by atoms with Gasteiger partial charge in [-0.15, -0.1) is 12.6 Å². The Hall–Kier alpha value is -0.890. The van der Waals surface area contributed by atoms with Gasteiger partial charge < -0.3 is 4.74 Å². The molecule has 0 N–H and O–H groups in total. The third-order valence-electron chi connectivity index (χ3n) is 2.13. The molecule has 76 valence electrons. The second kappa shape index (κ2) is 4.56. The van der Waals surface area contributed by atoms with Crippen LogP contribution in [0.3, 0.4) is 0 Å². The molecule has 0 bridgehead atoms. The van der Waals surface area contributed by atoms with Crippen LogP contribution < -0.4 is 4.74 Å². The van der Waals surface area contributed by atoms with Crippen molar-refractivity contribution in [3.8, 4) is 5.75 Å². The molecule has 0 saturated carbocycles. The maximum absolute atomic E-state index is 5.29. The van der Waals surface area contributed by atoms with Crippen LogP contribution in [-0.2, 0) is 0 Å². The lowest BCUT2D eigenvalue weighted by Gasteiger charge is -2.09. The van der Waals surface area contributed by atoms with E-state index in [0.29, 0.717) is 0 Å². The van der Waals surface area contributed by atoms with Crippen molar-refractivity contribution in [3.05, 3.63) is 33.7 Å². The highest BCUT2D eigenvalue weighted by Crippen LogP contribution is 2.25. The van der Waals surface area contributed by atoms with E-state index in [1.165, 1.54) is 11.1 Å². The van der Waals surface area contributed by atoms with E-state index in [1.807, 2.05) is 19.1 Å². The molecule has 0 fully saturated rings. The Morgan fingerprint density at radius 1 is 1.36 bits per heavy atom. The molecule has 1 nitrogen and oxygen atoms in total. The molecule has 0 aliphatic heterocycles. The Bertz CT molecular complexity index is 363. The largest absolute Gasteiger partial charge is 0.496 e. The van der Waals surface area contributed by atoms with Crippen molar-refractivity contribution in [1.29, 1.82) is 0 Å². The summed E-state index contributed by atoms with van der Waals surface area (Å²) in [5, 5.41) is 0. The molecule has 1 aromatic carbocycles. The molecule has 0 aliphatic rings. The van der Waals surface area contributed by atoms with Crippen LogP contribution in [0.1, 0.15) is 23.6 Å². The first kappa shape index (κ1) is 11.2. The predicted molar refractivity (Wildman–Crippen MR) is 65.1 cm³/mol. The van der Waals surface area contributed by atoms with Gasteiger partial charge in [0.1, 0.15) is 5.75 Å². The van der Waals surface area contributed by atoms with Crippen LogP contribution >= 0.6 is 12.6 Å². The van der Waals surface area contributed by atoms with Gasteiger partial charge in [-0.2, -0.15) is 0 Å². The van der Waals surface area contributed by atoms with Crippen molar-refractivity contribution < 1.29 is 4.74 Å². The number of hydrogen-bond acceptors (Lipinski definition) is 2. The minimum Gasteiger partial charge on any atom is -0.496 e. The van der Waals surface area contributed by atoms with Gasteiger partial charge in [0.2, 0.25) is 0 Å². The Morgan fingerprint density at radius 2 is 2.00 bits per heavy atom. The second-order valence-corrected chi connectivity index (χ2v) is 4.17. The van der Waals surface area contributed by atoms with Crippen molar-refractivity contribution in [2.75, 3.05) is 7.11 Å². The van der Waals surface area contributed by atoms with Crippen LogP contribution in [0, 0.1) is 13.8 Å². The van der Waals surface area contributed by atoms with Crippen molar-refractivity contribution >= 4 is 18.7 Å². The summed E-state index contributed by atoms with van der Waals surface area (Å²) in [6, 6.07) is 4.18. The van der Waals surface area contributed by atoms with Gasteiger partial charge in [0.15, 0.2) is 0 Å². The normalized spacial score (nSPS) is 11.6. The third kappa shape index (κ3) is 2.55. The Morgan fingerprint density at radius 3 is 2.50 bits per heavy atom. The zero-order valence-corrected chi connectivity index (χ0v) is 9.98. The number of benzene rings is 1. The van der Waals surface area contributed by atoms with E-state index in [0.717, 1.165) is 16.2 Å². The average Bonchev–Trinajstić information content (AvgIpc) is 2.09. The lowest BCUT2D eigenvalue weighted by atomic mass is 10.0. The number of ether oxygens (including phenoxy) is 1. The standard InChI is InChI=1S/C12H16OS/c1-8-5-11(7-9(2)14)10(3)12(6-8)13-4/h5-7,14H,1-4H3/b9-7-. The van der Waals surface area contributed by atoms with Crippen LogP contribution in [-0.4, -0.2) is 7.11 Å². The van der Waals surface area contributed by atoms with Crippen LogP contribution in [0.15, 0.2) is 17.0 Å². The molecule has 0 atom stereocenters. The molecule has 0 unspecified atom stereocenters. The van der Waals surface area contributed by atoms with Crippen LogP contribution in [0.5, 0.6) is 5.75 Å². The maximum Gasteiger partial charge on any atom is 0.122 e. The highest BCUT2D eigenvalue weighted by atomic mass is 32.1. The Kier molecular flexibility index (Phi) is 3.64. The van der Waals surface area contributed by atoms with E-state index in [-0.39, 0.29) is 0 Å². The number of allylic oxidation sites excluding steroid dienone is 1. The summed E-state index contributed by atoms with van der Waals surface area (Å²) in [4.78, 5) is 1.00. The first-order valence-electron chi connectivity index (χ1n) is 4.57. The Balaban J connectivity index is 3.29. The molecule has 14 heavy (non-hydrogen) atoms. The maximum atomic E-state index is 5.29. The van der Waals surface area contributed by atoms with Gasteiger partial charge in [-0.05, 0) is 54.5 Å². The average molecular weight is 208 g/mol. The zero-order valence-electron chi connectivity index (χ0n) is 9.09. The first-order chi connectivity index (χ1) is 6.54. The van der Waals surface area contributed by atoms with Gasteiger partial charge in [-0.3, -0.25) is 0 Å². The third-order valence-corrected chi connectivity index (χ3v) is 2.26. The molecule has 2 heteroatoms. The SMILES string of the molecule is COc1cc(C)cc(/C=C(/C)S)c1C. The topological polar surface area (TPSA) is 9.23 Å². The number of thiol groups is 1. The monoisotopic (exact) mass is 208 g/mol. The summed E-state index contributed by atoms with van der Waals surface area (Å²) in [5.74, 6) is 0.936. The minimum absolute atomic E-state index is 0.936. The van der Waals surface area contributed by atoms with Crippen molar-refractivity contribution in [1.82, 2.24) is 0 Å². The van der Waals surface area contributed by atoms with Crippen molar-refractivity contribution in [3.63, 3.8) is 0 Å². The molecule has 0 spiro atoms. The summed E-state index contributed by atoms with van der Waals surface area (Å²) in [6.45, 7) is 6.09. The molecule has 0 heterocycles. The molecule has 1 rings (SSSR count). The second-order valence-electron chi connectivity index (χ2n) is 3.47. The molecular formula is C12H16OS. The molecule has 0 saturated heterocycles. The van der Waals surface area contributed by atoms with Crippen molar-refractivity contribution in [2.24, 2.45) is 0 Å². The molecule has 0 aliphatic carbocycles. The lowest BCUT2D eigenvalue weighted by Crippen LogP contribution is -1.91. The quantitative estimate of drug-likeness (QED) is 0.731. The van der Waals surface area contributed by atoms with E-state index in [4.69, 9.17) is 4.74 Å². The Labute approximate surface area is 91.2 Å². The van der Waals surface area contributed by atoms with E-state index in [1.54, 1.807) is 7.11 Å². The van der Waals surface area contributed by atoms with Crippen LogP contribution in [0.2, 0.25) is 0 Å². The summed E-state index contributed by atoms with van der Waals surface area (Å²) >= 11 is 4.27. The molecular weight excluding hydrogens is 192 g/mol. The van der Waals surface area contributed by atoms with Gasteiger partial charge in [-0.1, -0.05) is 6.07 Å². The van der Waals surface area contributed by atoms with E-state index < -0.39 is 0 Å². The van der Waals surface area contributed by atoms with Crippen LogP contribution in [0.4, 0.5) is 0 Å². The number of rotatable bonds is 2. The fourth-order valence-corrected chi connectivity index (χ4v) is 1.58. The first-order valence-corrected chi connectivity index (χ1v) is 5.02.